The molecular formula is C11H16N4O. The van der Waals surface area contributed by atoms with Gasteiger partial charge in [-0.15, -0.1) is 0 Å². The van der Waals surface area contributed by atoms with Crippen LogP contribution < -0.4 is 11.1 Å². The Morgan fingerprint density at radius 2 is 2.50 bits per heavy atom. The fourth-order valence-electron chi connectivity index (χ4n) is 1.85. The third kappa shape index (κ3) is 2.14. The second kappa shape index (κ2) is 4.49. The van der Waals surface area contributed by atoms with Gasteiger partial charge in [-0.3, -0.25) is 9.69 Å². The average Bonchev–Trinajstić information content (AvgIpc) is 2.28. The number of hydrogen-bond acceptors (Lipinski definition) is 4. The lowest BCUT2D eigenvalue weighted by atomic mass is 10.1. The van der Waals surface area contributed by atoms with Crippen molar-refractivity contribution < 1.29 is 4.79 Å². The van der Waals surface area contributed by atoms with Gasteiger partial charge in [0.25, 0.3) is 0 Å². The maximum Gasteiger partial charge on any atom is 0.237 e. The standard InChI is InChI=1S/C11H16N4O/c1-8-11(16)14-5-6-15(8)7-9-3-2-4-13-10(9)12/h2-4,8H,5-7H2,1H3,(H2,12,13)(H,14,16). The second-order valence-corrected chi connectivity index (χ2v) is 3.99. The summed E-state index contributed by atoms with van der Waals surface area (Å²) in [4.78, 5) is 17.6. The molecule has 2 rings (SSSR count). The number of nitrogen functional groups attached to an aromatic ring is 1. The highest BCUT2D eigenvalue weighted by Crippen LogP contribution is 2.14. The van der Waals surface area contributed by atoms with E-state index in [0.29, 0.717) is 18.9 Å². The van der Waals surface area contributed by atoms with Crippen LogP contribution in [0.15, 0.2) is 18.3 Å². The summed E-state index contributed by atoms with van der Waals surface area (Å²) in [6, 6.07) is 3.70. The highest BCUT2D eigenvalue weighted by Gasteiger charge is 2.25. The Labute approximate surface area is 94.6 Å². The largest absolute Gasteiger partial charge is 0.383 e. The van der Waals surface area contributed by atoms with Crippen LogP contribution in [0.1, 0.15) is 12.5 Å². The van der Waals surface area contributed by atoms with Crippen LogP contribution in [0.2, 0.25) is 0 Å². The van der Waals surface area contributed by atoms with E-state index in [0.717, 1.165) is 12.1 Å². The zero-order valence-corrected chi connectivity index (χ0v) is 9.31. The van der Waals surface area contributed by atoms with E-state index in [1.54, 1.807) is 6.20 Å². The number of piperazine rings is 1. The molecule has 1 saturated heterocycles. The van der Waals surface area contributed by atoms with E-state index in [4.69, 9.17) is 5.73 Å². The first-order chi connectivity index (χ1) is 7.68. The van der Waals surface area contributed by atoms with Gasteiger partial charge >= 0.3 is 0 Å². The summed E-state index contributed by atoms with van der Waals surface area (Å²) in [7, 11) is 0. The fourth-order valence-corrected chi connectivity index (χ4v) is 1.85. The second-order valence-electron chi connectivity index (χ2n) is 3.99. The molecule has 0 aliphatic carbocycles. The van der Waals surface area contributed by atoms with E-state index in [9.17, 15) is 4.79 Å². The number of aromatic nitrogens is 1. The molecule has 0 aromatic carbocycles. The number of nitrogens with two attached hydrogens (primary N) is 1. The highest BCUT2D eigenvalue weighted by molar-refractivity contribution is 5.82. The first-order valence-electron chi connectivity index (χ1n) is 5.39. The van der Waals surface area contributed by atoms with Crippen LogP contribution in [0.3, 0.4) is 0 Å². The molecule has 1 unspecified atom stereocenters. The number of nitrogens with zero attached hydrogens (tertiary/aromatic N) is 2. The Bertz CT molecular complexity index is 393. The van der Waals surface area contributed by atoms with E-state index in [2.05, 4.69) is 15.2 Å². The molecule has 1 amide bonds. The highest BCUT2D eigenvalue weighted by atomic mass is 16.2. The van der Waals surface area contributed by atoms with Gasteiger partial charge in [0.15, 0.2) is 0 Å². The number of carbonyl (C=O) groups is 1. The lowest BCUT2D eigenvalue weighted by Gasteiger charge is -2.32. The first kappa shape index (κ1) is 10.9. The maximum absolute atomic E-state index is 11.5. The van der Waals surface area contributed by atoms with Crippen LogP contribution in [0.4, 0.5) is 5.82 Å². The van der Waals surface area contributed by atoms with Gasteiger partial charge in [-0.2, -0.15) is 0 Å². The molecule has 16 heavy (non-hydrogen) atoms. The van der Waals surface area contributed by atoms with E-state index < -0.39 is 0 Å². The zero-order valence-electron chi connectivity index (χ0n) is 9.31. The number of pyridine rings is 1. The van der Waals surface area contributed by atoms with Gasteiger partial charge in [-0.1, -0.05) is 6.07 Å². The predicted molar refractivity (Wildman–Crippen MR) is 61.5 cm³/mol. The van der Waals surface area contributed by atoms with Gasteiger partial charge in [0.2, 0.25) is 5.91 Å². The van der Waals surface area contributed by atoms with Crippen molar-refractivity contribution in [3.05, 3.63) is 23.9 Å². The number of anilines is 1. The van der Waals surface area contributed by atoms with Crippen molar-refractivity contribution in [1.29, 1.82) is 0 Å². The minimum absolute atomic E-state index is 0.0775. The van der Waals surface area contributed by atoms with Crippen LogP contribution >= 0.6 is 0 Å². The number of hydrogen-bond donors (Lipinski definition) is 2. The van der Waals surface area contributed by atoms with Crippen LogP contribution in [-0.4, -0.2) is 34.9 Å². The minimum Gasteiger partial charge on any atom is -0.383 e. The average molecular weight is 220 g/mol. The molecule has 5 nitrogen and oxygen atoms in total. The Balaban J connectivity index is 2.09. The van der Waals surface area contributed by atoms with Gasteiger partial charge < -0.3 is 11.1 Å². The maximum atomic E-state index is 11.5. The summed E-state index contributed by atoms with van der Waals surface area (Å²) in [5, 5.41) is 2.83. The number of nitrogens with one attached hydrogen (secondary N) is 1. The third-order valence-electron chi connectivity index (χ3n) is 2.92. The van der Waals surface area contributed by atoms with Crippen molar-refractivity contribution in [2.45, 2.75) is 19.5 Å². The van der Waals surface area contributed by atoms with Crippen molar-refractivity contribution in [3.8, 4) is 0 Å². The van der Waals surface area contributed by atoms with Crippen molar-refractivity contribution in [1.82, 2.24) is 15.2 Å². The van der Waals surface area contributed by atoms with Crippen molar-refractivity contribution in [2.75, 3.05) is 18.8 Å². The Morgan fingerprint density at radius 3 is 3.25 bits per heavy atom. The quantitative estimate of drug-likeness (QED) is 0.735. The molecule has 0 saturated carbocycles. The molecule has 1 aromatic heterocycles. The monoisotopic (exact) mass is 220 g/mol. The summed E-state index contributed by atoms with van der Waals surface area (Å²) in [6.45, 7) is 4.12. The molecule has 1 aliphatic rings. The van der Waals surface area contributed by atoms with Crippen molar-refractivity contribution in [2.24, 2.45) is 0 Å². The molecule has 86 valence electrons. The van der Waals surface area contributed by atoms with E-state index in [1.807, 2.05) is 19.1 Å². The lowest BCUT2D eigenvalue weighted by molar-refractivity contribution is -0.128. The van der Waals surface area contributed by atoms with E-state index >= 15 is 0 Å². The summed E-state index contributed by atoms with van der Waals surface area (Å²) >= 11 is 0. The summed E-state index contributed by atoms with van der Waals surface area (Å²) in [5.74, 6) is 0.620. The molecule has 1 fully saturated rings. The smallest absolute Gasteiger partial charge is 0.237 e. The third-order valence-corrected chi connectivity index (χ3v) is 2.92. The molecule has 0 radical (unpaired) electrons. The number of carbonyl (C=O) groups excluding carboxylic acids is 1. The Morgan fingerprint density at radius 1 is 1.69 bits per heavy atom. The summed E-state index contributed by atoms with van der Waals surface area (Å²) in [6.07, 6.45) is 1.67. The van der Waals surface area contributed by atoms with Gasteiger partial charge in [-0.25, -0.2) is 4.98 Å². The predicted octanol–water partition coefficient (Wildman–Crippen LogP) is -0.0159. The van der Waals surface area contributed by atoms with Crippen molar-refractivity contribution in [3.63, 3.8) is 0 Å². The molecule has 1 aromatic rings. The normalized spacial score (nSPS) is 21.8. The Kier molecular flexibility index (Phi) is 3.05. The molecule has 3 N–H and O–H groups in total. The molecule has 0 spiro atoms. The number of rotatable bonds is 2. The van der Waals surface area contributed by atoms with Gasteiger partial charge in [0.1, 0.15) is 5.82 Å². The van der Waals surface area contributed by atoms with Crippen LogP contribution in [0, 0.1) is 0 Å². The van der Waals surface area contributed by atoms with Gasteiger partial charge in [0.05, 0.1) is 6.04 Å². The molecular weight excluding hydrogens is 204 g/mol. The molecule has 2 heterocycles. The molecule has 1 atom stereocenters. The SMILES string of the molecule is CC1C(=O)NCCN1Cc1cccnc1N. The zero-order chi connectivity index (χ0) is 11.5. The first-order valence-corrected chi connectivity index (χ1v) is 5.39. The van der Waals surface area contributed by atoms with Gasteiger partial charge in [-0.05, 0) is 13.0 Å². The van der Waals surface area contributed by atoms with E-state index in [1.165, 1.54) is 0 Å². The summed E-state index contributed by atoms with van der Waals surface area (Å²) in [5.41, 5.74) is 6.76. The summed E-state index contributed by atoms with van der Waals surface area (Å²) < 4.78 is 0. The van der Waals surface area contributed by atoms with Crippen LogP contribution in [0.5, 0.6) is 0 Å². The molecule has 5 heteroatoms. The fraction of sp³-hybridized carbons (Fsp3) is 0.455. The Hall–Kier alpha value is -1.62. The minimum atomic E-state index is -0.103. The van der Waals surface area contributed by atoms with Crippen LogP contribution in [-0.2, 0) is 11.3 Å². The number of amides is 1. The topological polar surface area (TPSA) is 71.2 Å². The van der Waals surface area contributed by atoms with Gasteiger partial charge in [0, 0.05) is 31.4 Å². The molecule has 0 bridgehead atoms. The molecule has 1 aliphatic heterocycles. The van der Waals surface area contributed by atoms with Crippen molar-refractivity contribution >= 4 is 11.7 Å². The van der Waals surface area contributed by atoms with Crippen LogP contribution in [0.25, 0.3) is 0 Å². The lowest BCUT2D eigenvalue weighted by Crippen LogP contribution is -2.53. The van der Waals surface area contributed by atoms with E-state index in [-0.39, 0.29) is 11.9 Å².